The van der Waals surface area contributed by atoms with E-state index in [1.807, 2.05) is 0 Å². The summed E-state index contributed by atoms with van der Waals surface area (Å²) < 4.78 is 6.65. The third-order valence-corrected chi connectivity index (χ3v) is 25.9. The van der Waals surface area contributed by atoms with Crippen LogP contribution in [0.25, 0.3) is 22.8 Å². The molecule has 2 aliphatic carbocycles. The standard InChI is InChI=1S/C16H13.C13H15.2CH3.2ClH.H2Si.Zr/c1-12-10-14-8-5-9-15(16(14)11-12)13-6-3-2-4-7-13;1-2-3-6-11-9-10-12-7-4-5-8-13(11)12;;;;;;/h2-11H,1H3;4-5,7-10H,2-3,6H2,1H3;2*1H3;2*1H;1H2;. The van der Waals surface area contributed by atoms with E-state index in [1.165, 1.54) is 41.5 Å². The molecule has 0 amide bonds. The van der Waals surface area contributed by atoms with Gasteiger partial charge in [-0.3, -0.25) is 0 Å². The topological polar surface area (TPSA) is 0 Å². The van der Waals surface area contributed by atoms with Crippen LogP contribution in [0.4, 0.5) is 0 Å². The number of allylic oxidation sites excluding steroid dienone is 3. The molecule has 35 heavy (non-hydrogen) atoms. The van der Waals surface area contributed by atoms with E-state index in [0.29, 0.717) is 7.25 Å². The van der Waals surface area contributed by atoms with Gasteiger partial charge in [0, 0.05) is 0 Å². The molecule has 0 saturated carbocycles. The van der Waals surface area contributed by atoms with Gasteiger partial charge in [0.15, 0.2) is 0 Å². The molecular formula is C31H38Cl2SiZr. The predicted octanol–water partition coefficient (Wildman–Crippen LogP) is 9.32. The second-order valence-corrected chi connectivity index (χ2v) is 41.9. The Morgan fingerprint density at radius 1 is 0.800 bits per heavy atom. The molecule has 0 saturated heterocycles. The minimum Gasteiger partial charge on any atom is -0.147 e. The van der Waals surface area contributed by atoms with Gasteiger partial charge in [-0.15, -0.1) is 24.8 Å². The fraction of sp³-hybridized carbons (Fsp3) is 0.290. The largest absolute Gasteiger partial charge is 0.147 e. The Morgan fingerprint density at radius 3 is 2.14 bits per heavy atom. The van der Waals surface area contributed by atoms with Gasteiger partial charge in [0.1, 0.15) is 0 Å². The molecule has 3 aromatic carbocycles. The van der Waals surface area contributed by atoms with E-state index in [0.717, 1.165) is 0 Å². The van der Waals surface area contributed by atoms with Crippen LogP contribution in [0.3, 0.4) is 0 Å². The van der Waals surface area contributed by atoms with Crippen molar-refractivity contribution < 1.29 is 17.4 Å². The van der Waals surface area contributed by atoms with Crippen LogP contribution in [0.1, 0.15) is 62.6 Å². The first-order chi connectivity index (χ1) is 15.8. The molecule has 0 aliphatic heterocycles. The molecule has 4 heteroatoms. The molecule has 2 aliphatic rings. The van der Waals surface area contributed by atoms with Gasteiger partial charge in [0.25, 0.3) is 0 Å². The van der Waals surface area contributed by atoms with Crippen LogP contribution in [0.2, 0.25) is 9.26 Å². The molecule has 0 aromatic heterocycles. The summed E-state index contributed by atoms with van der Waals surface area (Å²) in [5.74, 6) is 0. The van der Waals surface area contributed by atoms with Gasteiger partial charge in [-0.2, -0.15) is 0 Å². The van der Waals surface area contributed by atoms with Crippen molar-refractivity contribution in [2.24, 2.45) is 0 Å². The Kier molecular flexibility index (Phi) is 8.65. The van der Waals surface area contributed by atoms with E-state index in [2.05, 4.69) is 115 Å². The first kappa shape index (κ1) is 28.4. The van der Waals surface area contributed by atoms with Gasteiger partial charge >= 0.3 is 203 Å². The average molecular weight is 601 g/mol. The van der Waals surface area contributed by atoms with Gasteiger partial charge in [0.2, 0.25) is 0 Å². The van der Waals surface area contributed by atoms with Crippen molar-refractivity contribution in [1.82, 2.24) is 0 Å². The fourth-order valence-electron chi connectivity index (χ4n) is 6.67. The van der Waals surface area contributed by atoms with E-state index >= 15 is 0 Å². The maximum Gasteiger partial charge on any atom is -0.147 e. The van der Waals surface area contributed by atoms with E-state index in [9.17, 15) is 0 Å². The maximum atomic E-state index is 2.73. The van der Waals surface area contributed by atoms with Crippen molar-refractivity contribution in [3.8, 4) is 11.1 Å². The number of hydrogen-bond donors (Lipinski definition) is 0. The molecular weight excluding hydrogens is 563 g/mol. The van der Waals surface area contributed by atoms with Crippen molar-refractivity contribution in [3.05, 3.63) is 107 Å². The smallest absolute Gasteiger partial charge is 0.147 e. The van der Waals surface area contributed by atoms with Gasteiger partial charge in [-0.1, -0.05) is 0 Å². The zero-order chi connectivity index (χ0) is 23.2. The Hall–Kier alpha value is -1.18. The van der Waals surface area contributed by atoms with Gasteiger partial charge < -0.3 is 0 Å². The summed E-state index contributed by atoms with van der Waals surface area (Å²) >= 11 is -3.36. The number of halogens is 2. The summed E-state index contributed by atoms with van der Waals surface area (Å²) in [5.41, 5.74) is 12.1. The fourth-order valence-corrected chi connectivity index (χ4v) is 24.7. The molecule has 0 N–H and O–H groups in total. The SMILES string of the molecule is CCCCC1=C[CH]([Zr]([CH3])([CH3])(=[SiH2])[CH]2C(C)=Cc3c(-c4ccccc4)cccc32)c2ccccc21.Cl.Cl. The predicted molar refractivity (Wildman–Crippen MR) is 160 cm³/mol. The third kappa shape index (κ3) is 4.89. The first-order valence-electron chi connectivity index (χ1n) is 12.5. The molecule has 0 heterocycles. The minimum absolute atomic E-state index is 0. The number of hydrogen-bond acceptors (Lipinski definition) is 0. The molecule has 0 spiro atoms. The van der Waals surface area contributed by atoms with E-state index < -0.39 is 17.4 Å². The summed E-state index contributed by atoms with van der Waals surface area (Å²) in [7, 11) is 0. The summed E-state index contributed by atoms with van der Waals surface area (Å²) in [4.78, 5) is 0. The van der Waals surface area contributed by atoms with Gasteiger partial charge in [0.05, 0.1) is 0 Å². The van der Waals surface area contributed by atoms with E-state index in [-0.39, 0.29) is 24.8 Å². The Labute approximate surface area is 226 Å². The zero-order valence-corrected chi connectivity index (χ0v) is 26.9. The molecule has 184 valence electrons. The Balaban J connectivity index is 0.00000171. The quantitative estimate of drug-likeness (QED) is 0.247. The summed E-state index contributed by atoms with van der Waals surface area (Å²) in [5, 5.41) is 0. The van der Waals surface area contributed by atoms with Crippen LogP contribution in [0.5, 0.6) is 0 Å². The minimum atomic E-state index is -3.36. The Morgan fingerprint density at radius 2 is 1.43 bits per heavy atom. The maximum absolute atomic E-state index is 3.36. The van der Waals surface area contributed by atoms with Gasteiger partial charge in [-0.25, -0.2) is 0 Å². The van der Waals surface area contributed by atoms with Crippen molar-refractivity contribution in [2.45, 2.75) is 49.6 Å². The first-order valence-corrected chi connectivity index (χ1v) is 26.2. The third-order valence-electron chi connectivity index (χ3n) is 8.14. The molecule has 3 aromatic rings. The molecule has 2 atom stereocenters. The summed E-state index contributed by atoms with van der Waals surface area (Å²) in [6.07, 6.45) is 8.98. The molecule has 0 bridgehead atoms. The van der Waals surface area contributed by atoms with E-state index in [1.54, 1.807) is 22.3 Å². The second-order valence-electron chi connectivity index (χ2n) is 11.3. The van der Waals surface area contributed by atoms with Crippen LogP contribution in [0, 0.1) is 0 Å². The zero-order valence-electron chi connectivity index (χ0n) is 21.4. The van der Waals surface area contributed by atoms with Crippen molar-refractivity contribution in [1.29, 1.82) is 0 Å². The molecule has 2 unspecified atom stereocenters. The van der Waals surface area contributed by atoms with Crippen molar-refractivity contribution >= 4 is 43.3 Å². The van der Waals surface area contributed by atoms with E-state index in [4.69, 9.17) is 0 Å². The van der Waals surface area contributed by atoms with Gasteiger partial charge in [-0.05, 0) is 0 Å². The number of rotatable bonds is 6. The van der Waals surface area contributed by atoms with Crippen molar-refractivity contribution in [3.63, 3.8) is 0 Å². The van der Waals surface area contributed by atoms with Crippen molar-refractivity contribution in [2.75, 3.05) is 0 Å². The molecule has 0 fully saturated rings. The number of unbranched alkanes of at least 4 members (excludes halogenated alkanes) is 1. The number of fused-ring (bicyclic) bond motifs is 2. The molecule has 0 nitrogen and oxygen atoms in total. The monoisotopic (exact) mass is 598 g/mol. The molecule has 5 rings (SSSR count). The van der Waals surface area contributed by atoms with Crippen LogP contribution in [-0.2, 0) is 17.4 Å². The number of benzene rings is 3. The summed E-state index contributed by atoms with van der Waals surface area (Å²) in [6.45, 7) is 7.14. The second kappa shape index (κ2) is 10.7. The molecule has 0 radical (unpaired) electrons. The van der Waals surface area contributed by atoms with Crippen LogP contribution < -0.4 is 0 Å². The average Bonchev–Trinajstić information content (AvgIpc) is 3.36. The van der Waals surface area contributed by atoms with Crippen LogP contribution in [-0.4, -0.2) is 6.88 Å². The normalized spacial score (nSPS) is 18.5. The van der Waals surface area contributed by atoms with Crippen LogP contribution in [0.15, 0.2) is 84.4 Å². The Bertz CT molecular complexity index is 1350. The van der Waals surface area contributed by atoms with Crippen LogP contribution >= 0.6 is 24.8 Å². The summed E-state index contributed by atoms with van der Waals surface area (Å²) in [6, 6.07) is 27.2.